The summed E-state index contributed by atoms with van der Waals surface area (Å²) < 4.78 is 39.6. The van der Waals surface area contributed by atoms with Crippen molar-refractivity contribution in [1.82, 2.24) is 9.29 Å². The molecular formula is C18H18FN3O3S. The van der Waals surface area contributed by atoms with Crippen molar-refractivity contribution in [3.05, 3.63) is 59.5 Å². The van der Waals surface area contributed by atoms with E-state index in [9.17, 15) is 17.6 Å². The second-order valence-corrected chi connectivity index (χ2v) is 8.23. The van der Waals surface area contributed by atoms with E-state index in [2.05, 4.69) is 10.3 Å². The van der Waals surface area contributed by atoms with Crippen LogP contribution >= 0.6 is 0 Å². The van der Waals surface area contributed by atoms with Gasteiger partial charge in [0, 0.05) is 30.7 Å². The zero-order chi connectivity index (χ0) is 19.1. The number of fused-ring (bicyclic) bond motifs is 1. The molecule has 0 spiro atoms. The molecule has 3 rings (SSSR count). The van der Waals surface area contributed by atoms with Crippen molar-refractivity contribution >= 4 is 32.5 Å². The lowest BCUT2D eigenvalue weighted by Gasteiger charge is -2.15. The van der Waals surface area contributed by atoms with Gasteiger partial charge < -0.3 is 10.3 Å². The number of sulfonamides is 1. The molecule has 0 bridgehead atoms. The second-order valence-electron chi connectivity index (χ2n) is 6.11. The largest absolute Gasteiger partial charge is 0.350 e. The number of rotatable bonds is 4. The zero-order valence-corrected chi connectivity index (χ0v) is 15.3. The fraction of sp³-hybridized carbons (Fsp3) is 0.167. The number of nitrogens with one attached hydrogen (secondary N) is 2. The third kappa shape index (κ3) is 3.21. The van der Waals surface area contributed by atoms with E-state index >= 15 is 0 Å². The van der Waals surface area contributed by atoms with Gasteiger partial charge in [0.25, 0.3) is 5.91 Å². The van der Waals surface area contributed by atoms with Gasteiger partial charge in [-0.25, -0.2) is 17.1 Å². The van der Waals surface area contributed by atoms with Crippen LogP contribution in [0.5, 0.6) is 0 Å². The molecule has 2 N–H and O–H groups in total. The Morgan fingerprint density at radius 3 is 2.54 bits per heavy atom. The van der Waals surface area contributed by atoms with E-state index in [1.807, 2.05) is 0 Å². The second kappa shape index (κ2) is 6.54. The Kier molecular flexibility index (Phi) is 4.55. The van der Waals surface area contributed by atoms with Crippen molar-refractivity contribution in [2.24, 2.45) is 0 Å². The molecule has 0 saturated carbocycles. The number of aryl methyl sites for hydroxylation is 1. The number of anilines is 1. The summed E-state index contributed by atoms with van der Waals surface area (Å²) in [7, 11) is -0.745. The van der Waals surface area contributed by atoms with Crippen LogP contribution in [-0.2, 0) is 10.0 Å². The smallest absolute Gasteiger partial charge is 0.272 e. The maximum absolute atomic E-state index is 13.8. The summed E-state index contributed by atoms with van der Waals surface area (Å²) in [5, 5.41) is 2.96. The molecule has 26 heavy (non-hydrogen) atoms. The lowest BCUT2D eigenvalue weighted by molar-refractivity contribution is 0.102. The predicted octanol–water partition coefficient (Wildman–Crippen LogP) is 3.12. The summed E-state index contributed by atoms with van der Waals surface area (Å²) in [5.74, 6) is -0.912. The average molecular weight is 375 g/mol. The quantitative estimate of drug-likeness (QED) is 0.735. The number of hydrogen-bond donors (Lipinski definition) is 2. The average Bonchev–Trinajstić information content (AvgIpc) is 3.02. The first-order chi connectivity index (χ1) is 12.2. The number of carbonyl (C=O) groups excluding carboxylic acids is 1. The molecule has 0 saturated heterocycles. The van der Waals surface area contributed by atoms with Crippen LogP contribution in [0.15, 0.2) is 47.4 Å². The normalized spacial score (nSPS) is 11.9. The van der Waals surface area contributed by atoms with Crippen molar-refractivity contribution in [1.29, 1.82) is 0 Å². The van der Waals surface area contributed by atoms with Gasteiger partial charge >= 0.3 is 0 Å². The minimum absolute atomic E-state index is 0.114. The van der Waals surface area contributed by atoms with Gasteiger partial charge in [-0.3, -0.25) is 4.79 Å². The molecule has 0 unspecified atom stereocenters. The molecule has 1 amide bonds. The third-order valence-electron chi connectivity index (χ3n) is 4.06. The van der Waals surface area contributed by atoms with E-state index in [4.69, 9.17) is 0 Å². The predicted molar refractivity (Wildman–Crippen MR) is 98.3 cm³/mol. The van der Waals surface area contributed by atoms with Gasteiger partial charge in [0.05, 0.1) is 4.90 Å². The van der Waals surface area contributed by atoms with Crippen LogP contribution in [0.4, 0.5) is 10.1 Å². The van der Waals surface area contributed by atoms with E-state index in [0.717, 1.165) is 4.31 Å². The van der Waals surface area contributed by atoms with Crippen LogP contribution in [0, 0.1) is 12.7 Å². The lowest BCUT2D eigenvalue weighted by atomic mass is 10.2. The highest BCUT2D eigenvalue weighted by molar-refractivity contribution is 7.89. The monoisotopic (exact) mass is 375 g/mol. The molecule has 0 aliphatic carbocycles. The number of nitrogens with zero attached hydrogens (tertiary/aromatic N) is 1. The van der Waals surface area contributed by atoms with E-state index in [1.54, 1.807) is 31.2 Å². The van der Waals surface area contributed by atoms with Crippen LogP contribution in [0.3, 0.4) is 0 Å². The molecule has 6 nitrogen and oxygen atoms in total. The Morgan fingerprint density at radius 2 is 1.88 bits per heavy atom. The first kappa shape index (κ1) is 18.1. The van der Waals surface area contributed by atoms with Gasteiger partial charge in [-0.05, 0) is 42.8 Å². The third-order valence-corrected chi connectivity index (χ3v) is 6.02. The Labute approximate surface area is 150 Å². The number of aromatic amines is 1. The highest BCUT2D eigenvalue weighted by atomic mass is 32.2. The first-order valence-corrected chi connectivity index (χ1v) is 9.26. The fourth-order valence-corrected chi connectivity index (χ4v) is 3.74. The van der Waals surface area contributed by atoms with Gasteiger partial charge in [-0.1, -0.05) is 12.1 Å². The molecule has 0 fully saturated rings. The molecule has 0 aliphatic rings. The summed E-state index contributed by atoms with van der Waals surface area (Å²) >= 11 is 0. The number of carbonyl (C=O) groups is 1. The fourth-order valence-electron chi connectivity index (χ4n) is 2.59. The number of H-pyrrole nitrogens is 1. The minimum atomic E-state index is -3.63. The number of aromatic nitrogens is 1. The van der Waals surface area contributed by atoms with Crippen LogP contribution in [0.25, 0.3) is 10.9 Å². The SMILES string of the molecule is Cc1ccc(NC(=O)c2cc3c(F)cccc3[nH]2)cc1S(=O)(=O)N(C)C. The number of halogens is 1. The van der Waals surface area contributed by atoms with Crippen LogP contribution in [-0.4, -0.2) is 37.7 Å². The van der Waals surface area contributed by atoms with Gasteiger partial charge in [0.15, 0.2) is 0 Å². The lowest BCUT2D eigenvalue weighted by Crippen LogP contribution is -2.23. The van der Waals surface area contributed by atoms with Crippen LogP contribution in [0.1, 0.15) is 16.1 Å². The molecule has 1 aromatic heterocycles. The summed E-state index contributed by atoms with van der Waals surface area (Å²) in [4.78, 5) is 15.4. The Bertz CT molecular complexity index is 1100. The van der Waals surface area contributed by atoms with Gasteiger partial charge in [0.2, 0.25) is 10.0 Å². The molecule has 8 heteroatoms. The molecule has 1 heterocycles. The Balaban J connectivity index is 1.93. The molecule has 2 aromatic carbocycles. The molecule has 0 aliphatic heterocycles. The Morgan fingerprint density at radius 1 is 1.15 bits per heavy atom. The van der Waals surface area contributed by atoms with Gasteiger partial charge in [0.1, 0.15) is 11.5 Å². The first-order valence-electron chi connectivity index (χ1n) is 7.82. The molecular weight excluding hydrogens is 357 g/mol. The van der Waals surface area contributed by atoms with Crippen LogP contribution < -0.4 is 5.32 Å². The number of benzene rings is 2. The van der Waals surface area contributed by atoms with E-state index in [1.165, 1.54) is 32.3 Å². The minimum Gasteiger partial charge on any atom is -0.350 e. The van der Waals surface area contributed by atoms with Crippen LogP contribution in [0.2, 0.25) is 0 Å². The molecule has 0 radical (unpaired) electrons. The number of hydrogen-bond acceptors (Lipinski definition) is 3. The van der Waals surface area contributed by atoms with Crippen molar-refractivity contribution in [2.45, 2.75) is 11.8 Å². The zero-order valence-electron chi connectivity index (χ0n) is 14.5. The number of amides is 1. The molecule has 136 valence electrons. The van der Waals surface area contributed by atoms with Crippen molar-refractivity contribution < 1.29 is 17.6 Å². The molecule has 3 aromatic rings. The standard InChI is InChI=1S/C18H18FN3O3S/c1-11-7-8-12(9-17(11)26(24,25)22(2)3)20-18(23)16-10-13-14(19)5-4-6-15(13)21-16/h4-10,21H,1-3H3,(H,20,23). The summed E-state index contributed by atoms with van der Waals surface area (Å²) in [6.07, 6.45) is 0. The summed E-state index contributed by atoms with van der Waals surface area (Å²) in [6.45, 7) is 1.68. The van der Waals surface area contributed by atoms with Gasteiger partial charge in [-0.2, -0.15) is 0 Å². The summed E-state index contributed by atoms with van der Waals surface area (Å²) in [6, 6.07) is 10.6. The van der Waals surface area contributed by atoms with E-state index in [-0.39, 0.29) is 10.6 Å². The highest BCUT2D eigenvalue weighted by Crippen LogP contribution is 2.24. The Hall–Kier alpha value is -2.71. The molecule has 0 atom stereocenters. The van der Waals surface area contributed by atoms with E-state index in [0.29, 0.717) is 22.2 Å². The van der Waals surface area contributed by atoms with Crippen molar-refractivity contribution in [3.8, 4) is 0 Å². The summed E-state index contributed by atoms with van der Waals surface area (Å²) in [5.41, 5.74) is 1.60. The maximum Gasteiger partial charge on any atom is 0.272 e. The van der Waals surface area contributed by atoms with Gasteiger partial charge in [-0.15, -0.1) is 0 Å². The van der Waals surface area contributed by atoms with E-state index < -0.39 is 21.7 Å². The topological polar surface area (TPSA) is 82.3 Å². The maximum atomic E-state index is 13.8. The van der Waals surface area contributed by atoms with Crippen molar-refractivity contribution in [2.75, 3.05) is 19.4 Å². The van der Waals surface area contributed by atoms with Crippen molar-refractivity contribution in [3.63, 3.8) is 0 Å². The highest BCUT2D eigenvalue weighted by Gasteiger charge is 2.21.